The van der Waals surface area contributed by atoms with E-state index in [0.29, 0.717) is 13.2 Å². The fourth-order valence-corrected chi connectivity index (χ4v) is 2.70. The van der Waals surface area contributed by atoms with Gasteiger partial charge in [-0.1, -0.05) is 18.2 Å². The van der Waals surface area contributed by atoms with Crippen molar-refractivity contribution in [1.29, 1.82) is 0 Å². The van der Waals surface area contributed by atoms with Crippen molar-refractivity contribution in [2.75, 3.05) is 47.0 Å². The van der Waals surface area contributed by atoms with Crippen LogP contribution in [0, 0.1) is 0 Å². The molecular formula is C17H26N2O3. The summed E-state index contributed by atoms with van der Waals surface area (Å²) in [6.45, 7) is 3.87. The molecule has 5 heteroatoms. The van der Waals surface area contributed by atoms with Crippen LogP contribution in [-0.2, 0) is 9.53 Å². The minimum absolute atomic E-state index is 0.0938. The van der Waals surface area contributed by atoms with Gasteiger partial charge in [0.15, 0.2) is 0 Å². The van der Waals surface area contributed by atoms with Gasteiger partial charge in [0.1, 0.15) is 5.75 Å². The molecule has 1 atom stereocenters. The van der Waals surface area contributed by atoms with E-state index in [4.69, 9.17) is 9.47 Å². The molecule has 2 rings (SSSR count). The number of hydrogen-bond acceptors (Lipinski definition) is 4. The molecule has 1 amide bonds. The number of para-hydroxylation sites is 1. The highest BCUT2D eigenvalue weighted by molar-refractivity contribution is 5.84. The predicted molar refractivity (Wildman–Crippen MR) is 86.3 cm³/mol. The minimum atomic E-state index is -0.0938. The average Bonchev–Trinajstić information content (AvgIpc) is 2.54. The van der Waals surface area contributed by atoms with Crippen LogP contribution in [0.1, 0.15) is 24.3 Å². The zero-order chi connectivity index (χ0) is 15.8. The van der Waals surface area contributed by atoms with Gasteiger partial charge < -0.3 is 19.7 Å². The lowest BCUT2D eigenvalue weighted by atomic mass is 9.92. The van der Waals surface area contributed by atoms with E-state index < -0.39 is 0 Å². The van der Waals surface area contributed by atoms with Crippen LogP contribution in [0.3, 0.4) is 0 Å². The Morgan fingerprint density at radius 1 is 1.41 bits per heavy atom. The van der Waals surface area contributed by atoms with Crippen LogP contribution in [0.25, 0.3) is 0 Å². The van der Waals surface area contributed by atoms with Crippen molar-refractivity contribution in [2.24, 2.45) is 0 Å². The smallest absolute Gasteiger partial charge is 0.227 e. The van der Waals surface area contributed by atoms with E-state index in [1.54, 1.807) is 7.11 Å². The fourth-order valence-electron chi connectivity index (χ4n) is 2.70. The summed E-state index contributed by atoms with van der Waals surface area (Å²) in [5.74, 6) is 0.843. The second-order valence-electron chi connectivity index (χ2n) is 5.67. The lowest BCUT2D eigenvalue weighted by Gasteiger charge is -2.25. The molecule has 0 saturated heterocycles. The number of amides is 1. The van der Waals surface area contributed by atoms with E-state index in [1.807, 2.05) is 24.3 Å². The van der Waals surface area contributed by atoms with Crippen LogP contribution < -0.4 is 10.1 Å². The average molecular weight is 306 g/mol. The number of rotatable bonds is 8. The van der Waals surface area contributed by atoms with E-state index >= 15 is 0 Å². The second kappa shape index (κ2) is 8.76. The van der Waals surface area contributed by atoms with Crippen LogP contribution in [0.15, 0.2) is 24.3 Å². The van der Waals surface area contributed by atoms with Crippen molar-refractivity contribution in [3.05, 3.63) is 29.8 Å². The summed E-state index contributed by atoms with van der Waals surface area (Å²) in [5, 5.41) is 3.05. The molecule has 0 radical (unpaired) electrons. The lowest BCUT2D eigenvalue weighted by molar-refractivity contribution is -0.123. The van der Waals surface area contributed by atoms with Gasteiger partial charge >= 0.3 is 0 Å². The van der Waals surface area contributed by atoms with Crippen LogP contribution in [-0.4, -0.2) is 57.8 Å². The van der Waals surface area contributed by atoms with Gasteiger partial charge in [-0.2, -0.15) is 0 Å². The predicted octanol–water partition coefficient (Wildman–Crippen LogP) is 1.64. The van der Waals surface area contributed by atoms with Gasteiger partial charge in [-0.3, -0.25) is 4.79 Å². The molecule has 0 aromatic heterocycles. The largest absolute Gasteiger partial charge is 0.493 e. The lowest BCUT2D eigenvalue weighted by Crippen LogP contribution is -2.37. The number of benzene rings is 1. The van der Waals surface area contributed by atoms with Crippen molar-refractivity contribution in [2.45, 2.75) is 18.8 Å². The SMILES string of the molecule is COCCCN(C)CCNC(=O)[C@@H]1CCOc2ccccc21. The first-order valence-corrected chi connectivity index (χ1v) is 7.89. The number of nitrogens with one attached hydrogen (secondary N) is 1. The highest BCUT2D eigenvalue weighted by Gasteiger charge is 2.26. The Morgan fingerprint density at radius 2 is 2.23 bits per heavy atom. The molecule has 0 spiro atoms. The summed E-state index contributed by atoms with van der Waals surface area (Å²) < 4.78 is 10.6. The maximum Gasteiger partial charge on any atom is 0.227 e. The van der Waals surface area contributed by atoms with Gasteiger partial charge in [-0.15, -0.1) is 0 Å². The number of carbonyl (C=O) groups excluding carboxylic acids is 1. The molecule has 1 N–H and O–H groups in total. The number of fused-ring (bicyclic) bond motifs is 1. The number of ether oxygens (including phenoxy) is 2. The van der Waals surface area contributed by atoms with Crippen molar-refractivity contribution < 1.29 is 14.3 Å². The molecule has 0 bridgehead atoms. The molecule has 1 aromatic rings. The first-order valence-electron chi connectivity index (χ1n) is 7.89. The van der Waals surface area contributed by atoms with Gasteiger partial charge in [0.2, 0.25) is 5.91 Å². The van der Waals surface area contributed by atoms with Gasteiger partial charge in [0.25, 0.3) is 0 Å². The summed E-state index contributed by atoms with van der Waals surface area (Å²) in [6.07, 6.45) is 1.75. The molecule has 5 nitrogen and oxygen atoms in total. The first-order chi connectivity index (χ1) is 10.7. The summed E-state index contributed by atoms with van der Waals surface area (Å²) in [6, 6.07) is 7.80. The molecule has 1 aliphatic rings. The standard InChI is InChI=1S/C17H26N2O3/c1-19(10-5-12-21-2)11-9-18-17(20)15-8-13-22-16-7-4-3-6-14(15)16/h3-4,6-7,15H,5,8-13H2,1-2H3,(H,18,20)/t15-/m1/s1. The summed E-state index contributed by atoms with van der Waals surface area (Å²) in [4.78, 5) is 14.6. The van der Waals surface area contributed by atoms with Crippen molar-refractivity contribution >= 4 is 5.91 Å². The van der Waals surface area contributed by atoms with E-state index in [2.05, 4.69) is 17.3 Å². The number of likely N-dealkylation sites (N-methyl/N-ethyl adjacent to an activating group) is 1. The molecule has 0 unspecified atom stereocenters. The van der Waals surface area contributed by atoms with Crippen molar-refractivity contribution in [3.8, 4) is 5.75 Å². The zero-order valence-electron chi connectivity index (χ0n) is 13.5. The topological polar surface area (TPSA) is 50.8 Å². The van der Waals surface area contributed by atoms with Crippen molar-refractivity contribution in [1.82, 2.24) is 10.2 Å². The van der Waals surface area contributed by atoms with E-state index in [1.165, 1.54) is 0 Å². The Kier molecular flexibility index (Phi) is 6.68. The number of hydrogen-bond donors (Lipinski definition) is 1. The van der Waals surface area contributed by atoms with Gasteiger partial charge in [-0.05, 0) is 26.0 Å². The Morgan fingerprint density at radius 3 is 3.05 bits per heavy atom. The van der Waals surface area contributed by atoms with Crippen LogP contribution >= 0.6 is 0 Å². The fraction of sp³-hybridized carbons (Fsp3) is 0.588. The molecule has 0 fully saturated rings. The third kappa shape index (κ3) is 4.71. The van der Waals surface area contributed by atoms with E-state index in [9.17, 15) is 4.79 Å². The minimum Gasteiger partial charge on any atom is -0.493 e. The molecule has 0 aliphatic carbocycles. The zero-order valence-corrected chi connectivity index (χ0v) is 13.5. The second-order valence-corrected chi connectivity index (χ2v) is 5.67. The molecular weight excluding hydrogens is 280 g/mol. The maximum atomic E-state index is 12.4. The molecule has 1 aliphatic heterocycles. The van der Waals surface area contributed by atoms with Gasteiger partial charge in [0.05, 0.1) is 12.5 Å². The Labute approximate surface area is 132 Å². The molecule has 1 aromatic carbocycles. The highest BCUT2D eigenvalue weighted by atomic mass is 16.5. The summed E-state index contributed by atoms with van der Waals surface area (Å²) in [5.41, 5.74) is 1.000. The van der Waals surface area contributed by atoms with E-state index in [-0.39, 0.29) is 11.8 Å². The highest BCUT2D eigenvalue weighted by Crippen LogP contribution is 2.33. The van der Waals surface area contributed by atoms with Crippen LogP contribution in [0.5, 0.6) is 5.75 Å². The van der Waals surface area contributed by atoms with E-state index in [0.717, 1.165) is 43.9 Å². The number of methoxy groups -OCH3 is 1. The Balaban J connectivity index is 1.76. The van der Waals surface area contributed by atoms with Crippen LogP contribution in [0.4, 0.5) is 0 Å². The monoisotopic (exact) mass is 306 g/mol. The quantitative estimate of drug-likeness (QED) is 0.742. The first kappa shape index (κ1) is 16.8. The molecule has 122 valence electrons. The van der Waals surface area contributed by atoms with Gasteiger partial charge in [-0.25, -0.2) is 0 Å². The summed E-state index contributed by atoms with van der Waals surface area (Å²) >= 11 is 0. The summed E-state index contributed by atoms with van der Waals surface area (Å²) in [7, 11) is 3.78. The normalized spacial score (nSPS) is 17.0. The van der Waals surface area contributed by atoms with Gasteiger partial charge in [0, 0.05) is 38.9 Å². The molecule has 0 saturated carbocycles. The maximum absolute atomic E-state index is 12.4. The van der Waals surface area contributed by atoms with Crippen LogP contribution in [0.2, 0.25) is 0 Å². The Bertz CT molecular complexity index is 479. The third-order valence-corrected chi connectivity index (χ3v) is 3.96. The molecule has 22 heavy (non-hydrogen) atoms. The number of carbonyl (C=O) groups is 1. The van der Waals surface area contributed by atoms with Crippen molar-refractivity contribution in [3.63, 3.8) is 0 Å². The molecule has 1 heterocycles. The number of nitrogens with zero attached hydrogens (tertiary/aromatic N) is 1. The Hall–Kier alpha value is -1.59. The third-order valence-electron chi connectivity index (χ3n) is 3.96.